The molecule has 8 heteroatoms. The van der Waals surface area contributed by atoms with Gasteiger partial charge in [0.05, 0.1) is 0 Å². The Morgan fingerprint density at radius 3 is 2.52 bits per heavy atom. The molecular formula is C13H29N5O3. The maximum absolute atomic E-state index is 11.4. The van der Waals surface area contributed by atoms with Crippen LogP contribution in [0.25, 0.3) is 0 Å². The van der Waals surface area contributed by atoms with E-state index in [0.717, 1.165) is 12.8 Å². The molecule has 0 aromatic carbocycles. The van der Waals surface area contributed by atoms with E-state index in [1.54, 1.807) is 5.01 Å². The zero-order chi connectivity index (χ0) is 16.1. The number of primary amides is 1. The monoisotopic (exact) mass is 303 g/mol. The van der Waals surface area contributed by atoms with Crippen molar-refractivity contribution in [2.45, 2.75) is 38.6 Å². The summed E-state index contributed by atoms with van der Waals surface area (Å²) >= 11 is 0. The first kappa shape index (κ1) is 19.8. The highest BCUT2D eigenvalue weighted by Gasteiger charge is 2.25. The highest BCUT2D eigenvalue weighted by Crippen LogP contribution is 2.05. The molecule has 0 spiro atoms. The highest BCUT2D eigenvalue weighted by molar-refractivity contribution is 5.77. The summed E-state index contributed by atoms with van der Waals surface area (Å²) in [5.74, 6) is -1.45. The van der Waals surface area contributed by atoms with Gasteiger partial charge in [0.2, 0.25) is 5.91 Å². The summed E-state index contributed by atoms with van der Waals surface area (Å²) in [6, 6.07) is -0.769. The van der Waals surface area contributed by atoms with Gasteiger partial charge in [-0.15, -0.1) is 0 Å². The van der Waals surface area contributed by atoms with E-state index >= 15 is 0 Å². The Bertz CT molecular complexity index is 302. The van der Waals surface area contributed by atoms with Crippen LogP contribution in [-0.4, -0.2) is 60.8 Å². The summed E-state index contributed by atoms with van der Waals surface area (Å²) in [5.41, 5.74) is 13.6. The molecule has 124 valence electrons. The number of carbonyl (C=O) groups is 2. The lowest BCUT2D eigenvalue weighted by atomic mass is 10.1. The molecule has 1 amide bonds. The number of unbranched alkanes of at least 4 members (excludes halogenated alkanes) is 1. The number of hydrazine groups is 1. The zero-order valence-corrected chi connectivity index (χ0v) is 12.8. The van der Waals surface area contributed by atoms with Gasteiger partial charge < -0.3 is 21.9 Å². The molecule has 0 aromatic rings. The first-order valence-electron chi connectivity index (χ1n) is 7.45. The number of nitrogens with two attached hydrogens (primary N) is 2. The van der Waals surface area contributed by atoms with E-state index in [0.29, 0.717) is 32.7 Å². The van der Waals surface area contributed by atoms with E-state index in [1.807, 2.05) is 0 Å². The van der Waals surface area contributed by atoms with Gasteiger partial charge in [-0.2, -0.15) is 0 Å². The second-order valence-corrected chi connectivity index (χ2v) is 4.85. The van der Waals surface area contributed by atoms with E-state index in [9.17, 15) is 14.7 Å². The van der Waals surface area contributed by atoms with Crippen molar-refractivity contribution in [3.63, 3.8) is 0 Å². The number of hydrogen-bond acceptors (Lipinski definition) is 6. The molecule has 0 radical (unpaired) electrons. The molecule has 7 N–H and O–H groups in total. The van der Waals surface area contributed by atoms with Gasteiger partial charge in [0, 0.05) is 39.1 Å². The highest BCUT2D eigenvalue weighted by atomic mass is 16.4. The van der Waals surface area contributed by atoms with Crippen molar-refractivity contribution in [3.05, 3.63) is 0 Å². The van der Waals surface area contributed by atoms with Crippen LogP contribution in [0.5, 0.6) is 0 Å². The van der Waals surface area contributed by atoms with E-state index in [1.165, 1.54) is 0 Å². The third-order valence-corrected chi connectivity index (χ3v) is 3.02. The van der Waals surface area contributed by atoms with Crippen LogP contribution in [0.3, 0.4) is 0 Å². The largest absolute Gasteiger partial charge is 0.480 e. The first-order valence-corrected chi connectivity index (χ1v) is 7.45. The predicted octanol–water partition coefficient (Wildman–Crippen LogP) is -1.14. The summed E-state index contributed by atoms with van der Waals surface area (Å²) in [7, 11) is 0. The smallest absolute Gasteiger partial charge is 0.322 e. The van der Waals surface area contributed by atoms with Crippen LogP contribution in [0.4, 0.5) is 0 Å². The fourth-order valence-electron chi connectivity index (χ4n) is 1.86. The summed E-state index contributed by atoms with van der Waals surface area (Å²) in [5, 5.41) is 14.1. The molecule has 0 aliphatic carbocycles. The summed E-state index contributed by atoms with van der Waals surface area (Å²) in [6.07, 6.45) is 2.22. The minimum atomic E-state index is -0.959. The average Bonchev–Trinajstić information content (AvgIpc) is 2.42. The maximum atomic E-state index is 11.4. The van der Waals surface area contributed by atoms with Gasteiger partial charge in [-0.3, -0.25) is 15.0 Å². The number of amides is 1. The number of nitrogens with one attached hydrogen (secondary N) is 2. The van der Waals surface area contributed by atoms with Gasteiger partial charge in [0.1, 0.15) is 6.04 Å². The average molecular weight is 303 g/mol. The molecule has 0 heterocycles. The Morgan fingerprint density at radius 2 is 2.00 bits per heavy atom. The summed E-state index contributed by atoms with van der Waals surface area (Å²) in [6.45, 7) is 5.12. The molecule has 0 fully saturated rings. The molecule has 0 aliphatic heterocycles. The maximum Gasteiger partial charge on any atom is 0.322 e. The Morgan fingerprint density at radius 1 is 1.29 bits per heavy atom. The number of aliphatic carboxylic acids is 1. The number of carboxylic acid groups (broad SMARTS) is 1. The van der Waals surface area contributed by atoms with Crippen molar-refractivity contribution >= 4 is 11.9 Å². The van der Waals surface area contributed by atoms with Crippen LogP contribution in [0.15, 0.2) is 0 Å². The SMILES string of the molecule is CCCCNN(CCNCCN)[C@@H](CCC(N)=O)C(=O)O. The Balaban J connectivity index is 4.50. The van der Waals surface area contributed by atoms with Gasteiger partial charge in [0.15, 0.2) is 0 Å². The lowest BCUT2D eigenvalue weighted by Gasteiger charge is -2.29. The minimum absolute atomic E-state index is 0.0547. The van der Waals surface area contributed by atoms with Crippen molar-refractivity contribution < 1.29 is 14.7 Å². The number of carbonyl (C=O) groups excluding carboxylic acids is 1. The van der Waals surface area contributed by atoms with Crippen LogP contribution in [0.1, 0.15) is 32.6 Å². The van der Waals surface area contributed by atoms with Crippen LogP contribution >= 0.6 is 0 Å². The normalized spacial score (nSPS) is 12.5. The topological polar surface area (TPSA) is 134 Å². The molecule has 0 saturated heterocycles. The quantitative estimate of drug-likeness (QED) is 0.202. The second kappa shape index (κ2) is 12.5. The van der Waals surface area contributed by atoms with Gasteiger partial charge in [-0.25, -0.2) is 5.01 Å². The van der Waals surface area contributed by atoms with Gasteiger partial charge in [-0.05, 0) is 12.8 Å². The lowest BCUT2D eigenvalue weighted by Crippen LogP contribution is -2.52. The van der Waals surface area contributed by atoms with Crippen LogP contribution in [-0.2, 0) is 9.59 Å². The molecule has 21 heavy (non-hydrogen) atoms. The van der Waals surface area contributed by atoms with Crippen molar-refractivity contribution in [1.82, 2.24) is 15.8 Å². The number of hydrogen-bond donors (Lipinski definition) is 5. The van der Waals surface area contributed by atoms with Crippen molar-refractivity contribution in [1.29, 1.82) is 0 Å². The Kier molecular flexibility index (Phi) is 11.8. The van der Waals surface area contributed by atoms with E-state index in [4.69, 9.17) is 11.5 Å². The molecule has 0 rings (SSSR count). The Hall–Kier alpha value is -1.22. The number of carboxylic acids is 1. The van der Waals surface area contributed by atoms with Gasteiger partial charge >= 0.3 is 5.97 Å². The van der Waals surface area contributed by atoms with Crippen molar-refractivity contribution in [2.75, 3.05) is 32.7 Å². The third-order valence-electron chi connectivity index (χ3n) is 3.02. The van der Waals surface area contributed by atoms with Gasteiger partial charge in [-0.1, -0.05) is 13.3 Å². The van der Waals surface area contributed by atoms with Gasteiger partial charge in [0.25, 0.3) is 0 Å². The van der Waals surface area contributed by atoms with Crippen LogP contribution in [0, 0.1) is 0 Å². The van der Waals surface area contributed by atoms with Crippen LogP contribution < -0.4 is 22.2 Å². The molecule has 0 bridgehead atoms. The van der Waals surface area contributed by atoms with E-state index < -0.39 is 17.9 Å². The molecule has 0 unspecified atom stereocenters. The van der Waals surface area contributed by atoms with E-state index in [-0.39, 0.29) is 12.8 Å². The second-order valence-electron chi connectivity index (χ2n) is 4.85. The van der Waals surface area contributed by atoms with E-state index in [2.05, 4.69) is 17.7 Å². The molecule has 0 saturated carbocycles. The number of rotatable bonds is 14. The fraction of sp³-hybridized carbons (Fsp3) is 0.846. The molecule has 0 aliphatic rings. The zero-order valence-electron chi connectivity index (χ0n) is 12.8. The fourth-order valence-corrected chi connectivity index (χ4v) is 1.86. The molecular weight excluding hydrogens is 274 g/mol. The summed E-state index contributed by atoms with van der Waals surface area (Å²) < 4.78 is 0. The minimum Gasteiger partial charge on any atom is -0.480 e. The Labute approximate surface area is 126 Å². The summed E-state index contributed by atoms with van der Waals surface area (Å²) in [4.78, 5) is 22.3. The molecule has 8 nitrogen and oxygen atoms in total. The predicted molar refractivity (Wildman–Crippen MR) is 81.4 cm³/mol. The first-order chi connectivity index (χ1) is 10.0. The lowest BCUT2D eigenvalue weighted by molar-refractivity contribution is -0.145. The number of nitrogens with zero attached hydrogens (tertiary/aromatic N) is 1. The molecule has 0 aromatic heterocycles. The van der Waals surface area contributed by atoms with Crippen molar-refractivity contribution in [3.8, 4) is 0 Å². The van der Waals surface area contributed by atoms with Crippen molar-refractivity contribution in [2.24, 2.45) is 11.5 Å². The standard InChI is InChI=1S/C13H29N5O3/c1-2-3-7-17-18(10-9-16-8-6-14)11(13(20)21)4-5-12(15)19/h11,16-17H,2-10,14H2,1H3,(H2,15,19)(H,20,21)/t11-/m0/s1. The molecule has 1 atom stereocenters. The van der Waals surface area contributed by atoms with Crippen LogP contribution in [0.2, 0.25) is 0 Å². The third kappa shape index (κ3) is 10.2.